The minimum atomic E-state index is -3.68. The molecule has 7 nitrogen and oxygen atoms in total. The highest BCUT2D eigenvalue weighted by Crippen LogP contribution is 2.20. The molecule has 1 saturated carbocycles. The lowest BCUT2D eigenvalue weighted by atomic mass is 10.3. The van der Waals surface area contributed by atoms with Gasteiger partial charge in [0.2, 0.25) is 15.9 Å². The third-order valence-electron chi connectivity index (χ3n) is 2.92. The van der Waals surface area contributed by atoms with Crippen LogP contribution in [0.4, 0.5) is 5.69 Å². The van der Waals surface area contributed by atoms with Gasteiger partial charge in [-0.3, -0.25) is 10.6 Å². The number of benzene rings is 1. The monoisotopic (exact) mass is 298 g/mol. The van der Waals surface area contributed by atoms with Gasteiger partial charge in [-0.25, -0.2) is 13.1 Å². The second-order valence-electron chi connectivity index (χ2n) is 4.63. The van der Waals surface area contributed by atoms with Crippen molar-refractivity contribution < 1.29 is 13.2 Å². The van der Waals surface area contributed by atoms with Gasteiger partial charge in [0, 0.05) is 19.0 Å². The minimum Gasteiger partial charge on any atom is -0.353 e. The molecular weight excluding hydrogens is 280 g/mol. The Kier molecular flexibility index (Phi) is 4.58. The number of hydrazine groups is 1. The Labute approximate surface area is 117 Å². The molecule has 5 N–H and O–H groups in total. The second-order valence-corrected chi connectivity index (χ2v) is 6.37. The molecule has 2 rings (SSSR count). The number of nitrogen functional groups attached to an aromatic ring is 1. The molecule has 0 aliphatic heterocycles. The van der Waals surface area contributed by atoms with Crippen molar-refractivity contribution in [3.05, 3.63) is 24.3 Å². The van der Waals surface area contributed by atoms with E-state index in [-0.39, 0.29) is 29.8 Å². The number of sulfonamides is 1. The molecule has 1 aliphatic rings. The van der Waals surface area contributed by atoms with Crippen LogP contribution in [-0.4, -0.2) is 26.9 Å². The summed E-state index contributed by atoms with van der Waals surface area (Å²) in [5.74, 6) is 5.14. The first kappa shape index (κ1) is 14.8. The first-order valence-electron chi connectivity index (χ1n) is 6.37. The largest absolute Gasteiger partial charge is 0.353 e. The van der Waals surface area contributed by atoms with E-state index in [2.05, 4.69) is 15.5 Å². The number of amides is 1. The Morgan fingerprint density at radius 2 is 2.00 bits per heavy atom. The van der Waals surface area contributed by atoms with E-state index >= 15 is 0 Å². The molecule has 0 bridgehead atoms. The van der Waals surface area contributed by atoms with Gasteiger partial charge in [0.15, 0.2) is 0 Å². The molecule has 0 spiro atoms. The first-order chi connectivity index (χ1) is 9.53. The van der Waals surface area contributed by atoms with Crippen LogP contribution in [0.15, 0.2) is 29.2 Å². The van der Waals surface area contributed by atoms with Crippen molar-refractivity contribution in [2.24, 2.45) is 5.84 Å². The summed E-state index contributed by atoms with van der Waals surface area (Å²) in [7, 11) is -3.68. The predicted molar refractivity (Wildman–Crippen MR) is 75.2 cm³/mol. The van der Waals surface area contributed by atoms with Crippen LogP contribution in [0.3, 0.4) is 0 Å². The molecule has 1 aromatic rings. The maximum absolute atomic E-state index is 12.1. The van der Waals surface area contributed by atoms with E-state index in [0.29, 0.717) is 5.69 Å². The van der Waals surface area contributed by atoms with Crippen LogP contribution < -0.4 is 21.3 Å². The molecule has 0 saturated heterocycles. The van der Waals surface area contributed by atoms with Crippen molar-refractivity contribution in [3.63, 3.8) is 0 Å². The summed E-state index contributed by atoms with van der Waals surface area (Å²) in [6.45, 7) is 0.0553. The lowest BCUT2D eigenvalue weighted by Crippen LogP contribution is -2.32. The summed E-state index contributed by atoms with van der Waals surface area (Å²) in [6.07, 6.45) is 2.13. The number of para-hydroxylation sites is 1. The van der Waals surface area contributed by atoms with Crippen LogP contribution in [0.5, 0.6) is 0 Å². The fourth-order valence-electron chi connectivity index (χ4n) is 1.72. The van der Waals surface area contributed by atoms with Crippen LogP contribution in [0.2, 0.25) is 0 Å². The van der Waals surface area contributed by atoms with Crippen molar-refractivity contribution in [1.29, 1.82) is 0 Å². The number of carbonyl (C=O) groups is 1. The highest BCUT2D eigenvalue weighted by atomic mass is 32.2. The van der Waals surface area contributed by atoms with Crippen LogP contribution in [0.1, 0.15) is 19.3 Å². The van der Waals surface area contributed by atoms with Gasteiger partial charge in [-0.1, -0.05) is 12.1 Å². The molecule has 1 aromatic carbocycles. The normalized spacial score (nSPS) is 14.8. The summed E-state index contributed by atoms with van der Waals surface area (Å²) in [5, 5.41) is 2.80. The van der Waals surface area contributed by atoms with E-state index in [4.69, 9.17) is 5.84 Å². The predicted octanol–water partition coefficient (Wildman–Crippen LogP) is -0.0808. The van der Waals surface area contributed by atoms with E-state index in [9.17, 15) is 13.2 Å². The summed E-state index contributed by atoms with van der Waals surface area (Å²) in [4.78, 5) is 11.5. The Balaban J connectivity index is 1.91. The van der Waals surface area contributed by atoms with Crippen molar-refractivity contribution in [2.75, 3.05) is 12.0 Å². The lowest BCUT2D eigenvalue weighted by Gasteiger charge is -2.10. The zero-order valence-electron chi connectivity index (χ0n) is 10.9. The van der Waals surface area contributed by atoms with Gasteiger partial charge >= 0.3 is 0 Å². The third kappa shape index (κ3) is 3.92. The van der Waals surface area contributed by atoms with Crippen molar-refractivity contribution in [3.8, 4) is 0 Å². The van der Waals surface area contributed by atoms with Crippen LogP contribution in [0.25, 0.3) is 0 Å². The number of carbonyl (C=O) groups excluding carboxylic acids is 1. The second kappa shape index (κ2) is 6.21. The quantitative estimate of drug-likeness (QED) is 0.415. The summed E-state index contributed by atoms with van der Waals surface area (Å²) >= 11 is 0. The number of hydrogen-bond donors (Lipinski definition) is 4. The number of rotatable bonds is 7. The smallest absolute Gasteiger partial charge is 0.242 e. The number of nitrogens with two attached hydrogens (primary N) is 1. The zero-order valence-corrected chi connectivity index (χ0v) is 11.7. The van der Waals surface area contributed by atoms with E-state index in [1.54, 1.807) is 18.2 Å². The molecule has 0 aromatic heterocycles. The molecule has 0 atom stereocenters. The van der Waals surface area contributed by atoms with E-state index < -0.39 is 10.0 Å². The van der Waals surface area contributed by atoms with Crippen molar-refractivity contribution in [1.82, 2.24) is 10.0 Å². The number of nitrogens with one attached hydrogen (secondary N) is 3. The maximum atomic E-state index is 12.1. The standard InChI is InChI=1S/C12H18N4O3S/c13-16-10-3-1-2-4-11(10)20(18,19)14-8-7-12(17)15-9-5-6-9/h1-4,9,14,16H,5-8,13H2,(H,15,17). The maximum Gasteiger partial charge on any atom is 0.242 e. The average Bonchev–Trinajstić information content (AvgIpc) is 3.22. The van der Waals surface area contributed by atoms with E-state index in [1.165, 1.54) is 6.07 Å². The minimum absolute atomic E-state index is 0.0553. The summed E-state index contributed by atoms with van der Waals surface area (Å²) in [5.41, 5.74) is 2.64. The van der Waals surface area contributed by atoms with Gasteiger partial charge in [0.25, 0.3) is 0 Å². The molecule has 20 heavy (non-hydrogen) atoms. The van der Waals surface area contributed by atoms with E-state index in [1.807, 2.05) is 0 Å². The Bertz CT molecular complexity index is 584. The van der Waals surface area contributed by atoms with Gasteiger partial charge in [-0.15, -0.1) is 0 Å². The average molecular weight is 298 g/mol. The fourth-order valence-corrected chi connectivity index (χ4v) is 2.92. The van der Waals surface area contributed by atoms with Crippen molar-refractivity contribution in [2.45, 2.75) is 30.2 Å². The topological polar surface area (TPSA) is 113 Å². The third-order valence-corrected chi connectivity index (χ3v) is 4.44. The van der Waals surface area contributed by atoms with Gasteiger partial charge in [0.1, 0.15) is 4.90 Å². The molecule has 1 fully saturated rings. The molecule has 1 aliphatic carbocycles. The highest BCUT2D eigenvalue weighted by Gasteiger charge is 2.23. The van der Waals surface area contributed by atoms with Gasteiger partial charge < -0.3 is 10.7 Å². The number of hydrogen-bond acceptors (Lipinski definition) is 5. The molecule has 0 unspecified atom stereocenters. The zero-order chi connectivity index (χ0) is 14.6. The molecule has 1 amide bonds. The highest BCUT2D eigenvalue weighted by molar-refractivity contribution is 7.89. The lowest BCUT2D eigenvalue weighted by molar-refractivity contribution is -0.121. The molecule has 0 heterocycles. The Morgan fingerprint density at radius 3 is 2.65 bits per heavy atom. The Hall–Kier alpha value is -1.64. The molecule has 8 heteroatoms. The Morgan fingerprint density at radius 1 is 1.30 bits per heavy atom. The van der Waals surface area contributed by atoms with E-state index in [0.717, 1.165) is 12.8 Å². The number of anilines is 1. The van der Waals surface area contributed by atoms with Crippen LogP contribution in [-0.2, 0) is 14.8 Å². The summed E-state index contributed by atoms with van der Waals surface area (Å²) in [6, 6.07) is 6.57. The SMILES string of the molecule is NNc1ccccc1S(=O)(=O)NCCC(=O)NC1CC1. The van der Waals surface area contributed by atoms with Gasteiger partial charge in [-0.2, -0.15) is 0 Å². The van der Waals surface area contributed by atoms with Gasteiger partial charge in [0.05, 0.1) is 5.69 Å². The first-order valence-corrected chi connectivity index (χ1v) is 7.86. The summed E-state index contributed by atoms with van der Waals surface area (Å²) < 4.78 is 26.6. The molecule has 110 valence electrons. The van der Waals surface area contributed by atoms with Crippen LogP contribution >= 0.6 is 0 Å². The van der Waals surface area contributed by atoms with Crippen molar-refractivity contribution >= 4 is 21.6 Å². The molecule has 0 radical (unpaired) electrons. The van der Waals surface area contributed by atoms with Gasteiger partial charge in [-0.05, 0) is 25.0 Å². The fraction of sp³-hybridized carbons (Fsp3) is 0.417. The van der Waals surface area contributed by atoms with Crippen LogP contribution in [0, 0.1) is 0 Å². The molecular formula is C12H18N4O3S.